The van der Waals surface area contributed by atoms with Gasteiger partial charge in [0.25, 0.3) is 0 Å². The van der Waals surface area contributed by atoms with Crippen molar-refractivity contribution in [1.82, 2.24) is 0 Å². The van der Waals surface area contributed by atoms with E-state index in [9.17, 15) is 0 Å². The van der Waals surface area contributed by atoms with Gasteiger partial charge in [-0.3, -0.25) is 0 Å². The van der Waals surface area contributed by atoms with E-state index < -0.39 is 8.07 Å². The molecule has 0 spiro atoms. The van der Waals surface area contributed by atoms with Crippen molar-refractivity contribution in [1.29, 1.82) is 0 Å². The van der Waals surface area contributed by atoms with E-state index in [0.29, 0.717) is 0 Å². The van der Waals surface area contributed by atoms with Gasteiger partial charge in [-0.25, -0.2) is 0 Å². The fourth-order valence-electron chi connectivity index (χ4n) is 0.956. The van der Waals surface area contributed by atoms with Crippen LogP contribution in [-0.2, 0) is 0 Å². The van der Waals surface area contributed by atoms with Crippen molar-refractivity contribution >= 4 is 16.9 Å². The van der Waals surface area contributed by atoms with E-state index in [1.54, 1.807) is 0 Å². The van der Waals surface area contributed by atoms with Crippen LogP contribution in [-0.4, -0.2) is 16.9 Å². The normalized spacial score (nSPS) is 11.6. The highest BCUT2D eigenvalue weighted by Crippen LogP contribution is 2.13. The van der Waals surface area contributed by atoms with E-state index >= 15 is 0 Å². The third-order valence-corrected chi connectivity index (χ3v) is 5.61. The minimum Gasteiger partial charge on any atom is -0.135 e. The Hall–Kier alpha value is -0.00623. The molecule has 1 radical (unpaired) electrons. The predicted octanol–water partition coefficient (Wildman–Crippen LogP) is 3.01. The van der Waals surface area contributed by atoms with Crippen LogP contribution in [0.25, 0.3) is 0 Å². The molecule has 0 nitrogen and oxygen atoms in total. The Morgan fingerprint density at radius 1 is 1.36 bits per heavy atom. The summed E-state index contributed by atoms with van der Waals surface area (Å²) in [4.78, 5) is 0. The average molecular weight is 183 g/mol. The molecule has 11 heavy (non-hydrogen) atoms. The Morgan fingerprint density at radius 2 is 1.91 bits per heavy atom. The third-order valence-electron chi connectivity index (χ3n) is 1.87. The molecule has 0 bridgehead atoms. The number of rotatable bonds is 4. The molecule has 0 aliphatic rings. The zero-order valence-corrected chi connectivity index (χ0v) is 10.2. The van der Waals surface area contributed by atoms with Crippen LogP contribution in [0.4, 0.5) is 0 Å². The van der Waals surface area contributed by atoms with Gasteiger partial charge in [-0.2, -0.15) is 0 Å². The maximum Gasteiger partial charge on any atom is 0.132 e. The molecule has 0 amide bonds. The van der Waals surface area contributed by atoms with Crippen molar-refractivity contribution in [3.8, 4) is 12.0 Å². The van der Waals surface area contributed by atoms with Crippen molar-refractivity contribution in [3.05, 3.63) is 0 Å². The molecular weight excluding hydrogens is 164 g/mol. The van der Waals surface area contributed by atoms with Gasteiger partial charge < -0.3 is 0 Å². The first-order valence-corrected chi connectivity index (χ1v) is 10.2. The summed E-state index contributed by atoms with van der Waals surface area (Å²) in [7, 11) is -1.21. The second-order valence-corrected chi connectivity index (χ2v) is 11.6. The number of terminal acetylenes is 1. The highest BCUT2D eigenvalue weighted by Gasteiger charge is 2.16. The molecule has 0 aromatic carbocycles. The Kier molecular flexibility index (Phi) is 4.79. The summed E-state index contributed by atoms with van der Waals surface area (Å²) >= 11 is 0. The van der Waals surface area contributed by atoms with E-state index in [0.717, 1.165) is 0 Å². The third kappa shape index (κ3) is 6.39. The van der Waals surface area contributed by atoms with Crippen LogP contribution in [0, 0.1) is 12.0 Å². The molecule has 0 saturated carbocycles. The number of hydrogen-bond donors (Lipinski definition) is 0. The molecule has 2 heteroatoms. The Bertz CT molecular complexity index is 142. The van der Waals surface area contributed by atoms with Crippen LogP contribution >= 0.6 is 0 Å². The Morgan fingerprint density at radius 3 is 2.27 bits per heavy atom. The van der Waals surface area contributed by atoms with Gasteiger partial charge in [0.1, 0.15) is 8.07 Å². The highest BCUT2D eigenvalue weighted by molar-refractivity contribution is 6.85. The molecule has 0 fully saturated rings. The molecule has 0 aromatic heterocycles. The molecule has 0 saturated heterocycles. The number of hydrogen-bond acceptors (Lipinski definition) is 0. The van der Waals surface area contributed by atoms with Gasteiger partial charge >= 0.3 is 0 Å². The summed E-state index contributed by atoms with van der Waals surface area (Å²) in [5.74, 6) is 0. The van der Waals surface area contributed by atoms with Crippen LogP contribution in [0.5, 0.6) is 0 Å². The van der Waals surface area contributed by atoms with Gasteiger partial charge in [0.2, 0.25) is 0 Å². The molecule has 0 aromatic rings. The lowest BCUT2D eigenvalue weighted by Gasteiger charge is -2.14. The van der Waals surface area contributed by atoms with Gasteiger partial charge in [0, 0.05) is 8.80 Å². The van der Waals surface area contributed by atoms with Crippen LogP contribution < -0.4 is 0 Å². The molecule has 0 aliphatic carbocycles. The molecule has 63 valence electrons. The standard InChI is InChI=1S/C9H19Si2/c1-6-11(4,5)9-7-8-10(2)3/h1H,7-9H2,2-5H3. The van der Waals surface area contributed by atoms with Crippen molar-refractivity contribution in [2.45, 2.75) is 44.7 Å². The second-order valence-electron chi connectivity index (χ2n) is 4.09. The lowest BCUT2D eigenvalue weighted by atomic mass is 10.6. The predicted molar refractivity (Wildman–Crippen MR) is 58.0 cm³/mol. The molecule has 0 aliphatic heterocycles. The maximum atomic E-state index is 5.44. The summed E-state index contributed by atoms with van der Waals surface area (Å²) in [5, 5.41) is 0. The minimum atomic E-state index is -1.20. The molecule has 0 rings (SSSR count). The average Bonchev–Trinajstić information content (AvgIpc) is 1.87. The van der Waals surface area contributed by atoms with Crippen LogP contribution in [0.2, 0.25) is 38.3 Å². The molecule has 0 atom stereocenters. The summed E-state index contributed by atoms with van der Waals surface area (Å²) < 4.78 is 0. The summed E-state index contributed by atoms with van der Waals surface area (Å²) in [6, 6.07) is 2.75. The zero-order chi connectivity index (χ0) is 8.91. The fourth-order valence-corrected chi connectivity index (χ4v) is 3.40. The first kappa shape index (κ1) is 11.0. The van der Waals surface area contributed by atoms with E-state index in [2.05, 4.69) is 31.7 Å². The Labute approximate surface area is 74.0 Å². The summed E-state index contributed by atoms with van der Waals surface area (Å²) in [6.07, 6.45) is 6.81. The van der Waals surface area contributed by atoms with Crippen LogP contribution in [0.1, 0.15) is 6.42 Å². The first-order chi connectivity index (χ1) is 4.98. The van der Waals surface area contributed by atoms with Gasteiger partial charge in [-0.15, -0.1) is 12.0 Å². The SMILES string of the molecule is C#C[Si](C)(C)CCC[Si](C)C. The van der Waals surface area contributed by atoms with Gasteiger partial charge in [0.15, 0.2) is 0 Å². The topological polar surface area (TPSA) is 0 Å². The van der Waals surface area contributed by atoms with Crippen molar-refractivity contribution in [2.75, 3.05) is 0 Å². The second kappa shape index (κ2) is 4.79. The molecule has 0 unspecified atom stereocenters. The summed E-state index contributed by atoms with van der Waals surface area (Å²) in [5.41, 5.74) is 2.97. The molecular formula is C9H19Si2. The van der Waals surface area contributed by atoms with E-state index in [1.165, 1.54) is 18.5 Å². The quantitative estimate of drug-likeness (QED) is 0.464. The summed E-state index contributed by atoms with van der Waals surface area (Å²) in [6.45, 7) is 9.31. The smallest absolute Gasteiger partial charge is 0.132 e. The largest absolute Gasteiger partial charge is 0.135 e. The van der Waals surface area contributed by atoms with Crippen LogP contribution in [0.3, 0.4) is 0 Å². The lowest BCUT2D eigenvalue weighted by molar-refractivity contribution is 1.03. The van der Waals surface area contributed by atoms with Crippen molar-refractivity contribution in [3.63, 3.8) is 0 Å². The van der Waals surface area contributed by atoms with Gasteiger partial charge in [-0.05, 0) is 6.04 Å². The van der Waals surface area contributed by atoms with E-state index in [-0.39, 0.29) is 8.80 Å². The van der Waals surface area contributed by atoms with Crippen molar-refractivity contribution < 1.29 is 0 Å². The highest BCUT2D eigenvalue weighted by atomic mass is 28.3. The van der Waals surface area contributed by atoms with Gasteiger partial charge in [-0.1, -0.05) is 38.7 Å². The minimum absolute atomic E-state index is 0.0112. The molecule has 0 N–H and O–H groups in total. The first-order valence-electron chi connectivity index (χ1n) is 4.25. The zero-order valence-electron chi connectivity index (χ0n) is 8.20. The molecule has 0 heterocycles. The van der Waals surface area contributed by atoms with Crippen LogP contribution in [0.15, 0.2) is 0 Å². The monoisotopic (exact) mass is 183 g/mol. The van der Waals surface area contributed by atoms with E-state index in [4.69, 9.17) is 6.42 Å². The van der Waals surface area contributed by atoms with E-state index in [1.807, 2.05) is 0 Å². The van der Waals surface area contributed by atoms with Gasteiger partial charge in [0.05, 0.1) is 0 Å². The fraction of sp³-hybridized carbons (Fsp3) is 0.778. The van der Waals surface area contributed by atoms with Crippen molar-refractivity contribution in [2.24, 2.45) is 0 Å². The maximum absolute atomic E-state index is 5.44. The Balaban J connectivity index is 3.48. The lowest BCUT2D eigenvalue weighted by Crippen LogP contribution is -2.22.